The molecule has 2 amide bonds. The Hall–Kier alpha value is -3.33. The zero-order valence-corrected chi connectivity index (χ0v) is 21.9. The minimum absolute atomic E-state index is 0.0787. The Morgan fingerprint density at radius 2 is 1.56 bits per heavy atom. The highest BCUT2D eigenvalue weighted by atomic mass is 35.5. The molecular formula is C28H16Cl3F3N2O3. The summed E-state index contributed by atoms with van der Waals surface area (Å²) in [5.74, 6) is -4.19. The molecule has 0 spiro atoms. The molecule has 3 aliphatic rings. The lowest BCUT2D eigenvalue weighted by atomic mass is 9.83. The van der Waals surface area contributed by atoms with E-state index in [4.69, 9.17) is 34.8 Å². The van der Waals surface area contributed by atoms with Crippen LogP contribution in [0.15, 0.2) is 66.9 Å². The summed E-state index contributed by atoms with van der Waals surface area (Å²) in [4.78, 5) is 44.2. The van der Waals surface area contributed by atoms with E-state index in [9.17, 15) is 27.6 Å². The first-order valence-corrected chi connectivity index (χ1v) is 12.9. The molecule has 0 N–H and O–H groups in total. The molecule has 198 valence electrons. The van der Waals surface area contributed by atoms with Crippen molar-refractivity contribution in [3.8, 4) is 0 Å². The Morgan fingerprint density at radius 3 is 2.28 bits per heavy atom. The van der Waals surface area contributed by atoms with Gasteiger partial charge in [-0.2, -0.15) is 13.2 Å². The summed E-state index contributed by atoms with van der Waals surface area (Å²) in [6, 6.07) is 12.6. The molecule has 3 aliphatic heterocycles. The zero-order valence-electron chi connectivity index (χ0n) is 19.6. The maximum absolute atomic E-state index is 14.0. The Labute approximate surface area is 235 Å². The number of Topliss-reactive ketones (excluding diaryl/α,β-unsaturated/α-hetero) is 1. The van der Waals surface area contributed by atoms with Crippen molar-refractivity contribution in [3.63, 3.8) is 0 Å². The van der Waals surface area contributed by atoms with E-state index in [2.05, 4.69) is 0 Å². The van der Waals surface area contributed by atoms with Gasteiger partial charge in [-0.3, -0.25) is 14.4 Å². The van der Waals surface area contributed by atoms with Crippen LogP contribution >= 0.6 is 34.8 Å². The lowest BCUT2D eigenvalue weighted by Gasteiger charge is -2.35. The van der Waals surface area contributed by atoms with Crippen molar-refractivity contribution in [2.75, 3.05) is 4.90 Å². The molecule has 0 saturated carbocycles. The highest BCUT2D eigenvalue weighted by Gasteiger charge is 2.64. The van der Waals surface area contributed by atoms with Gasteiger partial charge in [0.25, 0.3) is 0 Å². The molecule has 5 nitrogen and oxygen atoms in total. The fourth-order valence-corrected chi connectivity index (χ4v) is 6.56. The van der Waals surface area contributed by atoms with Crippen molar-refractivity contribution in [1.29, 1.82) is 0 Å². The molecule has 0 aromatic heterocycles. The number of amides is 2. The molecule has 1 unspecified atom stereocenters. The second-order valence-corrected chi connectivity index (χ2v) is 10.7. The van der Waals surface area contributed by atoms with E-state index in [1.165, 1.54) is 24.3 Å². The second-order valence-electron chi connectivity index (χ2n) is 9.50. The standard InChI is InChI=1S/C28H16Cl3F3N2O3/c29-14-5-7-17(20(31)11-14)25(37)24-22-21(23-16-4-2-1-3-13(16)9-10-35(23)24)26(38)36(27(22)39)15-6-8-19(30)18(12-15)28(32,33)34/h1-12,21-24H/t21-,22+,23?,24-/m1/s1. The van der Waals surface area contributed by atoms with Gasteiger partial charge in [0.15, 0.2) is 5.78 Å². The number of fused-ring (bicyclic) bond motifs is 5. The SMILES string of the molecule is O=C(c1ccc(Cl)cc1Cl)[C@H]1[C@H]2C(=O)N(c3ccc(Cl)c(C(F)(F)F)c3)C(=O)[C@H]2C2c3ccccc3C=CN21. The van der Waals surface area contributed by atoms with Crippen LogP contribution in [-0.4, -0.2) is 28.5 Å². The van der Waals surface area contributed by atoms with Crippen LogP contribution in [0.5, 0.6) is 0 Å². The van der Waals surface area contributed by atoms with E-state index < -0.39 is 58.3 Å². The van der Waals surface area contributed by atoms with Gasteiger partial charge >= 0.3 is 6.18 Å². The maximum Gasteiger partial charge on any atom is 0.417 e. The molecule has 0 radical (unpaired) electrons. The van der Waals surface area contributed by atoms with Crippen molar-refractivity contribution in [2.45, 2.75) is 18.3 Å². The number of halogens is 6. The van der Waals surface area contributed by atoms with Crippen LogP contribution in [0.1, 0.15) is 33.1 Å². The summed E-state index contributed by atoms with van der Waals surface area (Å²) < 4.78 is 40.8. The number of carbonyl (C=O) groups excluding carboxylic acids is 3. The van der Waals surface area contributed by atoms with Crippen LogP contribution in [0.4, 0.5) is 18.9 Å². The monoisotopic (exact) mass is 590 g/mol. The Morgan fingerprint density at radius 1 is 0.846 bits per heavy atom. The summed E-state index contributed by atoms with van der Waals surface area (Å²) in [7, 11) is 0. The largest absolute Gasteiger partial charge is 0.417 e. The molecule has 3 aromatic rings. The van der Waals surface area contributed by atoms with E-state index in [0.717, 1.165) is 22.1 Å². The van der Waals surface area contributed by atoms with Gasteiger partial charge in [-0.25, -0.2) is 4.90 Å². The topological polar surface area (TPSA) is 57.7 Å². The van der Waals surface area contributed by atoms with Gasteiger partial charge in [-0.05, 0) is 53.6 Å². The van der Waals surface area contributed by atoms with Crippen molar-refractivity contribution in [2.24, 2.45) is 11.8 Å². The predicted molar refractivity (Wildman–Crippen MR) is 141 cm³/mol. The van der Waals surface area contributed by atoms with Gasteiger partial charge < -0.3 is 4.90 Å². The zero-order chi connectivity index (χ0) is 27.8. The average molecular weight is 592 g/mol. The number of hydrogen-bond acceptors (Lipinski definition) is 4. The Kier molecular flexibility index (Phi) is 6.06. The summed E-state index contributed by atoms with van der Waals surface area (Å²) in [6.07, 6.45) is -1.34. The summed E-state index contributed by atoms with van der Waals surface area (Å²) in [5, 5.41) is -0.171. The van der Waals surface area contributed by atoms with E-state index in [1.807, 2.05) is 12.1 Å². The first-order valence-electron chi connectivity index (χ1n) is 11.8. The van der Waals surface area contributed by atoms with Crippen molar-refractivity contribution >= 4 is 64.2 Å². The van der Waals surface area contributed by atoms with Gasteiger partial charge in [0, 0.05) is 16.8 Å². The van der Waals surface area contributed by atoms with Crippen LogP contribution in [0, 0.1) is 11.8 Å². The molecule has 39 heavy (non-hydrogen) atoms. The average Bonchev–Trinajstić information content (AvgIpc) is 3.36. The van der Waals surface area contributed by atoms with Gasteiger partial charge in [0.1, 0.15) is 6.04 Å². The van der Waals surface area contributed by atoms with E-state index in [1.54, 1.807) is 29.3 Å². The predicted octanol–water partition coefficient (Wildman–Crippen LogP) is 7.06. The number of ketones is 1. The summed E-state index contributed by atoms with van der Waals surface area (Å²) >= 11 is 18.1. The van der Waals surface area contributed by atoms with Crippen molar-refractivity contribution < 1.29 is 27.6 Å². The van der Waals surface area contributed by atoms with E-state index >= 15 is 0 Å². The first-order chi connectivity index (χ1) is 18.5. The maximum atomic E-state index is 14.0. The Balaban J connectivity index is 1.50. The number of hydrogen-bond donors (Lipinski definition) is 0. The Bertz CT molecular complexity index is 1610. The normalized spacial score (nSPS) is 23.6. The molecule has 0 aliphatic carbocycles. The lowest BCUT2D eigenvalue weighted by molar-refractivity contribution is -0.137. The number of rotatable bonds is 3. The third-order valence-corrected chi connectivity index (χ3v) is 8.32. The third kappa shape index (κ3) is 3.96. The van der Waals surface area contributed by atoms with Crippen LogP contribution in [0.3, 0.4) is 0 Å². The number of nitrogens with zero attached hydrogens (tertiary/aromatic N) is 2. The number of alkyl halides is 3. The molecule has 2 fully saturated rings. The van der Waals surface area contributed by atoms with E-state index in [0.29, 0.717) is 11.1 Å². The molecule has 0 bridgehead atoms. The quantitative estimate of drug-likeness (QED) is 0.242. The van der Waals surface area contributed by atoms with Gasteiger partial charge in [0.2, 0.25) is 11.8 Å². The van der Waals surface area contributed by atoms with Crippen LogP contribution in [-0.2, 0) is 15.8 Å². The lowest BCUT2D eigenvalue weighted by Crippen LogP contribution is -2.44. The van der Waals surface area contributed by atoms with Crippen LogP contribution in [0.2, 0.25) is 15.1 Å². The number of imide groups is 1. The minimum atomic E-state index is -4.80. The summed E-state index contributed by atoms with van der Waals surface area (Å²) in [5.41, 5.74) is 0.204. The first kappa shape index (κ1) is 25.9. The molecule has 3 aromatic carbocycles. The number of anilines is 1. The fourth-order valence-electron chi connectivity index (χ4n) is 5.83. The number of carbonyl (C=O) groups is 3. The highest BCUT2D eigenvalue weighted by molar-refractivity contribution is 6.37. The minimum Gasteiger partial charge on any atom is -0.358 e. The van der Waals surface area contributed by atoms with Gasteiger partial charge in [-0.15, -0.1) is 0 Å². The molecule has 2 saturated heterocycles. The molecule has 4 atom stereocenters. The molecular weight excluding hydrogens is 576 g/mol. The van der Waals surface area contributed by atoms with Crippen molar-refractivity contribution in [3.05, 3.63) is 104 Å². The smallest absolute Gasteiger partial charge is 0.358 e. The number of benzene rings is 3. The van der Waals surface area contributed by atoms with Gasteiger partial charge in [0.05, 0.1) is 39.2 Å². The second kappa shape index (κ2) is 9.11. The molecule has 3 heterocycles. The highest BCUT2D eigenvalue weighted by Crippen LogP contribution is 2.54. The fraction of sp³-hybridized carbons (Fsp3) is 0.179. The van der Waals surface area contributed by atoms with Crippen LogP contribution < -0.4 is 4.90 Å². The van der Waals surface area contributed by atoms with Gasteiger partial charge in [-0.1, -0.05) is 59.1 Å². The van der Waals surface area contributed by atoms with Crippen molar-refractivity contribution in [1.82, 2.24) is 4.90 Å². The third-order valence-electron chi connectivity index (χ3n) is 7.44. The van der Waals surface area contributed by atoms with E-state index in [-0.39, 0.29) is 16.3 Å². The summed E-state index contributed by atoms with van der Waals surface area (Å²) in [6.45, 7) is 0. The van der Waals surface area contributed by atoms with Crippen LogP contribution in [0.25, 0.3) is 6.08 Å². The molecule has 6 rings (SSSR count). The molecule has 11 heteroatoms.